The zero-order valence-electron chi connectivity index (χ0n) is 25.9. The van der Waals surface area contributed by atoms with E-state index in [0.29, 0.717) is 0 Å². The van der Waals surface area contributed by atoms with Gasteiger partial charge in [0.1, 0.15) is 11.3 Å². The molecule has 0 amide bonds. The van der Waals surface area contributed by atoms with Crippen molar-refractivity contribution in [3.8, 4) is 5.75 Å². The molecule has 0 unspecified atom stereocenters. The summed E-state index contributed by atoms with van der Waals surface area (Å²) in [6.45, 7) is 19.7. The van der Waals surface area contributed by atoms with Gasteiger partial charge in [-0.3, -0.25) is 0 Å². The van der Waals surface area contributed by atoms with Crippen LogP contribution in [0.2, 0.25) is 0 Å². The van der Waals surface area contributed by atoms with Crippen LogP contribution in [0.15, 0.2) is 112 Å². The van der Waals surface area contributed by atoms with Crippen LogP contribution in [0.5, 0.6) is 5.75 Å². The predicted molar refractivity (Wildman–Crippen MR) is 171 cm³/mol. The first-order valence-electron chi connectivity index (χ1n) is 14.2. The molecule has 0 fully saturated rings. The van der Waals surface area contributed by atoms with Gasteiger partial charge in [0.2, 0.25) is 0 Å². The summed E-state index contributed by atoms with van der Waals surface area (Å²) in [5, 5.41) is 10.6. The molecular weight excluding hydrogens is 524 g/mol. The highest BCUT2D eigenvalue weighted by Crippen LogP contribution is 2.69. The Morgan fingerprint density at radius 2 is 0.854 bits per heavy atom. The van der Waals surface area contributed by atoms with Gasteiger partial charge >= 0.3 is 5.97 Å². The highest BCUT2D eigenvalue weighted by Gasteiger charge is 2.37. The Balaban J connectivity index is 2.02. The van der Waals surface area contributed by atoms with Gasteiger partial charge in [-0.05, 0) is 91.8 Å². The molecule has 0 atom stereocenters. The topological polar surface area (TPSA) is 46.5 Å². The maximum Gasteiger partial charge on any atom is 0.353 e. The molecule has 4 aromatic rings. The van der Waals surface area contributed by atoms with Crippen LogP contribution in [-0.4, -0.2) is 11.1 Å². The molecule has 3 nitrogen and oxygen atoms in total. The Morgan fingerprint density at radius 3 is 1.15 bits per heavy atom. The van der Waals surface area contributed by atoms with Gasteiger partial charge in [-0.25, -0.2) is 4.79 Å². The third-order valence-electron chi connectivity index (χ3n) is 7.48. The van der Waals surface area contributed by atoms with E-state index in [2.05, 4.69) is 135 Å². The Labute approximate surface area is 248 Å². The van der Waals surface area contributed by atoms with Gasteiger partial charge in [-0.15, -0.1) is 0 Å². The molecule has 0 bridgehead atoms. The molecule has 0 aliphatic rings. The third kappa shape index (κ3) is 6.38. The zero-order chi connectivity index (χ0) is 30.2. The van der Waals surface area contributed by atoms with Crippen molar-refractivity contribution in [1.29, 1.82) is 0 Å². The van der Waals surface area contributed by atoms with Crippen LogP contribution >= 0.6 is 10.3 Å². The molecule has 0 aromatic heterocycles. The van der Waals surface area contributed by atoms with E-state index < -0.39 is 16.3 Å². The van der Waals surface area contributed by atoms with Crippen LogP contribution in [0.1, 0.15) is 89.4 Å². The summed E-state index contributed by atoms with van der Waals surface area (Å²) < 4.78 is 6.72. The molecule has 0 heterocycles. The lowest BCUT2D eigenvalue weighted by molar-refractivity contribution is 0.0754. The van der Waals surface area contributed by atoms with Crippen molar-refractivity contribution in [3.63, 3.8) is 0 Å². The molecular formula is C37H44O3S. The second-order valence-electron chi connectivity index (χ2n) is 13.8. The summed E-state index contributed by atoms with van der Waals surface area (Å²) >= 11 is 0. The fraction of sp³-hybridized carbons (Fsp3) is 0.324. The molecule has 4 aromatic carbocycles. The Hall–Kier alpha value is -3.50. The quantitative estimate of drug-likeness (QED) is 0.260. The largest absolute Gasteiger partial charge is 0.507 e. The molecule has 1 N–H and O–H groups in total. The number of rotatable bonds is 5. The normalized spacial score (nSPS) is 13.1. The van der Waals surface area contributed by atoms with Crippen LogP contribution in [-0.2, 0) is 20.4 Å². The number of benzene rings is 4. The second kappa shape index (κ2) is 11.1. The van der Waals surface area contributed by atoms with Crippen molar-refractivity contribution >= 4 is 16.3 Å². The predicted octanol–water partition coefficient (Wildman–Crippen LogP) is 10.3. The van der Waals surface area contributed by atoms with E-state index in [0.717, 1.165) is 14.7 Å². The minimum Gasteiger partial charge on any atom is -0.507 e. The molecule has 4 heteroatoms. The molecule has 0 aliphatic carbocycles. The lowest BCUT2D eigenvalue weighted by atomic mass is 9.87. The molecule has 41 heavy (non-hydrogen) atoms. The van der Waals surface area contributed by atoms with Crippen LogP contribution in [0, 0.1) is 0 Å². The van der Waals surface area contributed by atoms with Crippen LogP contribution in [0.3, 0.4) is 0 Å². The maximum absolute atomic E-state index is 13.9. The van der Waals surface area contributed by atoms with E-state index in [1.807, 2.05) is 0 Å². The van der Waals surface area contributed by atoms with E-state index in [4.69, 9.17) is 4.18 Å². The maximum atomic E-state index is 13.9. The molecule has 0 saturated heterocycles. The van der Waals surface area contributed by atoms with Gasteiger partial charge in [0.15, 0.2) is 0 Å². The first-order valence-corrected chi connectivity index (χ1v) is 15.8. The van der Waals surface area contributed by atoms with Crippen molar-refractivity contribution in [2.24, 2.45) is 0 Å². The zero-order valence-corrected chi connectivity index (χ0v) is 26.7. The summed E-state index contributed by atoms with van der Waals surface area (Å²) in [7, 11) is -2.54. The average Bonchev–Trinajstić information content (AvgIpc) is 2.91. The van der Waals surface area contributed by atoms with Crippen LogP contribution < -0.4 is 0 Å². The number of phenolic OH excluding ortho intramolecular Hbond substituents is 1. The number of aromatic hydroxyl groups is 1. The number of phenols is 1. The van der Waals surface area contributed by atoms with Gasteiger partial charge in [-0.1, -0.05) is 111 Å². The molecule has 0 aliphatic heterocycles. The Morgan fingerprint density at radius 1 is 0.537 bits per heavy atom. The molecule has 0 saturated carbocycles. The third-order valence-corrected chi connectivity index (χ3v) is 10.7. The van der Waals surface area contributed by atoms with Crippen LogP contribution in [0.4, 0.5) is 0 Å². The van der Waals surface area contributed by atoms with Crippen molar-refractivity contribution in [2.45, 2.75) is 93.2 Å². The second-order valence-corrected chi connectivity index (χ2v) is 16.5. The minimum absolute atomic E-state index is 0.0221. The fourth-order valence-electron chi connectivity index (χ4n) is 4.80. The molecule has 0 radical (unpaired) electrons. The van der Waals surface area contributed by atoms with Crippen molar-refractivity contribution in [2.75, 3.05) is 0 Å². The van der Waals surface area contributed by atoms with Gasteiger partial charge < -0.3 is 9.29 Å². The van der Waals surface area contributed by atoms with E-state index >= 15 is 0 Å². The van der Waals surface area contributed by atoms with E-state index in [1.165, 1.54) is 22.8 Å². The van der Waals surface area contributed by atoms with E-state index in [-0.39, 0.29) is 27.6 Å². The number of para-hydroxylation sites is 1. The minimum atomic E-state index is -2.54. The van der Waals surface area contributed by atoms with Gasteiger partial charge in [-0.2, -0.15) is 0 Å². The molecule has 0 spiro atoms. The smallest absolute Gasteiger partial charge is 0.353 e. The summed E-state index contributed by atoms with van der Waals surface area (Å²) in [5.41, 5.74) is 3.69. The van der Waals surface area contributed by atoms with Crippen molar-refractivity contribution in [1.82, 2.24) is 0 Å². The highest BCUT2D eigenvalue weighted by molar-refractivity contribution is 8.30. The van der Waals surface area contributed by atoms with E-state index in [1.54, 1.807) is 18.2 Å². The summed E-state index contributed by atoms with van der Waals surface area (Å²) in [6.07, 6.45) is 0. The van der Waals surface area contributed by atoms with Crippen molar-refractivity contribution in [3.05, 3.63) is 119 Å². The highest BCUT2D eigenvalue weighted by atomic mass is 32.3. The van der Waals surface area contributed by atoms with Crippen LogP contribution in [0.25, 0.3) is 0 Å². The standard InChI is InChI=1S/C37H44O3S/c1-35(2,3)26-14-20-29(21-15-26)41(30-22-16-27(17-23-30)36(4,5)6,31-24-18-28(19-25-31)37(7,8)9)40-34(39)32-12-10-11-13-33(32)38/h10-25,38H,1-9H3. The summed E-state index contributed by atoms with van der Waals surface area (Å²) in [6, 6.07) is 32.0. The monoisotopic (exact) mass is 568 g/mol. The fourth-order valence-corrected chi connectivity index (χ4v) is 7.78. The van der Waals surface area contributed by atoms with Crippen molar-refractivity contribution < 1.29 is 14.1 Å². The number of hydrogen-bond acceptors (Lipinski definition) is 3. The summed E-state index contributed by atoms with van der Waals surface area (Å²) in [5.74, 6) is -0.655. The summed E-state index contributed by atoms with van der Waals surface area (Å²) in [4.78, 5) is 16.7. The lowest BCUT2D eigenvalue weighted by Crippen LogP contribution is -2.16. The van der Waals surface area contributed by atoms with E-state index in [9.17, 15) is 9.90 Å². The Kier molecular flexibility index (Phi) is 8.21. The molecule has 4 rings (SSSR count). The first kappa shape index (κ1) is 30.5. The SMILES string of the molecule is CC(C)(C)c1ccc(S(OC(=O)c2ccccc2O)(c2ccc(C(C)(C)C)cc2)c2ccc(C(C)(C)C)cc2)cc1. The van der Waals surface area contributed by atoms with Gasteiger partial charge in [0.05, 0.1) is 0 Å². The number of carbonyl (C=O) groups is 1. The average molecular weight is 569 g/mol. The Bertz CT molecular complexity index is 1360. The number of hydrogen-bond donors (Lipinski definition) is 1. The first-order chi connectivity index (χ1) is 19.0. The lowest BCUT2D eigenvalue weighted by Gasteiger charge is -2.40. The van der Waals surface area contributed by atoms with Gasteiger partial charge in [0, 0.05) is 14.7 Å². The van der Waals surface area contributed by atoms with Gasteiger partial charge in [0.25, 0.3) is 0 Å². The number of carbonyl (C=O) groups excluding carboxylic acids is 1. The molecule has 216 valence electrons.